The average Bonchev–Trinajstić information content (AvgIpc) is 2.96. The number of hydrogen-bond acceptors (Lipinski definition) is 5. The SMILES string of the molecule is CCNS(=O)(=O)c1ccc(C(=O)Nc2nc(C(C)(C)C)cs2)cc1. The molecule has 0 aliphatic carbocycles. The van der Waals surface area contributed by atoms with Crippen LogP contribution in [0.15, 0.2) is 34.5 Å². The van der Waals surface area contributed by atoms with E-state index in [1.807, 2.05) is 5.38 Å². The molecule has 130 valence electrons. The van der Waals surface area contributed by atoms with Crippen LogP contribution in [0.1, 0.15) is 43.7 Å². The number of thiazole rings is 1. The lowest BCUT2D eigenvalue weighted by molar-refractivity contribution is 0.102. The summed E-state index contributed by atoms with van der Waals surface area (Å²) >= 11 is 1.36. The number of hydrogen-bond donors (Lipinski definition) is 2. The topological polar surface area (TPSA) is 88.2 Å². The third-order valence-electron chi connectivity index (χ3n) is 3.25. The van der Waals surface area contributed by atoms with Gasteiger partial charge in [0.15, 0.2) is 5.13 Å². The first-order chi connectivity index (χ1) is 11.1. The van der Waals surface area contributed by atoms with Crippen LogP contribution in [-0.4, -0.2) is 25.9 Å². The fraction of sp³-hybridized carbons (Fsp3) is 0.375. The van der Waals surface area contributed by atoms with Gasteiger partial charge in [0.2, 0.25) is 10.0 Å². The number of benzene rings is 1. The molecule has 1 aromatic carbocycles. The Labute approximate surface area is 146 Å². The van der Waals surface area contributed by atoms with Crippen molar-refractivity contribution < 1.29 is 13.2 Å². The van der Waals surface area contributed by atoms with Crippen LogP contribution >= 0.6 is 11.3 Å². The number of nitrogens with zero attached hydrogens (tertiary/aromatic N) is 1. The highest BCUT2D eigenvalue weighted by molar-refractivity contribution is 7.89. The van der Waals surface area contributed by atoms with Crippen LogP contribution < -0.4 is 10.0 Å². The van der Waals surface area contributed by atoms with Gasteiger partial charge in [-0.3, -0.25) is 10.1 Å². The zero-order valence-electron chi connectivity index (χ0n) is 14.1. The maximum absolute atomic E-state index is 12.3. The van der Waals surface area contributed by atoms with Crippen LogP contribution in [0.2, 0.25) is 0 Å². The predicted octanol–water partition coefficient (Wildman–Crippen LogP) is 2.99. The van der Waals surface area contributed by atoms with Crippen molar-refractivity contribution in [1.82, 2.24) is 9.71 Å². The highest BCUT2D eigenvalue weighted by Crippen LogP contribution is 2.26. The van der Waals surface area contributed by atoms with Crippen molar-refractivity contribution in [3.05, 3.63) is 40.9 Å². The Hall–Kier alpha value is -1.77. The molecule has 24 heavy (non-hydrogen) atoms. The summed E-state index contributed by atoms with van der Waals surface area (Å²) in [6, 6.07) is 5.79. The standard InChI is InChI=1S/C16H21N3O3S2/c1-5-17-24(21,22)12-8-6-11(7-9-12)14(20)19-15-18-13(10-23-15)16(2,3)4/h6-10,17H,5H2,1-4H3,(H,18,19,20). The number of carbonyl (C=O) groups excluding carboxylic acids is 1. The second kappa shape index (κ2) is 7.00. The Morgan fingerprint density at radius 3 is 2.33 bits per heavy atom. The van der Waals surface area contributed by atoms with Gasteiger partial charge in [0.1, 0.15) is 0 Å². The predicted molar refractivity (Wildman–Crippen MR) is 96.1 cm³/mol. The van der Waals surface area contributed by atoms with Gasteiger partial charge in [-0.2, -0.15) is 0 Å². The monoisotopic (exact) mass is 367 g/mol. The number of carbonyl (C=O) groups is 1. The van der Waals surface area contributed by atoms with E-state index in [0.717, 1.165) is 5.69 Å². The highest BCUT2D eigenvalue weighted by Gasteiger charge is 2.19. The number of rotatable bonds is 5. The van der Waals surface area contributed by atoms with Gasteiger partial charge in [0, 0.05) is 22.9 Å². The Balaban J connectivity index is 2.12. The molecule has 2 N–H and O–H groups in total. The van der Waals surface area contributed by atoms with Crippen LogP contribution in [0.4, 0.5) is 5.13 Å². The van der Waals surface area contributed by atoms with Crippen molar-refractivity contribution in [3.8, 4) is 0 Å². The lowest BCUT2D eigenvalue weighted by Crippen LogP contribution is -2.23. The molecule has 2 aromatic rings. The summed E-state index contributed by atoms with van der Waals surface area (Å²) in [5.74, 6) is -0.322. The minimum absolute atomic E-state index is 0.0816. The first kappa shape index (κ1) is 18.6. The fourth-order valence-corrected chi connectivity index (χ4v) is 3.88. The third kappa shape index (κ3) is 4.40. The molecule has 0 spiro atoms. The molecule has 2 rings (SSSR count). The van der Waals surface area contributed by atoms with Crippen LogP contribution in [0.25, 0.3) is 0 Å². The number of nitrogens with one attached hydrogen (secondary N) is 2. The van der Waals surface area contributed by atoms with Gasteiger partial charge in [0.25, 0.3) is 5.91 Å². The van der Waals surface area contributed by atoms with Gasteiger partial charge in [-0.25, -0.2) is 18.1 Å². The van der Waals surface area contributed by atoms with E-state index in [2.05, 4.69) is 35.8 Å². The average molecular weight is 367 g/mol. The molecule has 0 saturated carbocycles. The summed E-state index contributed by atoms with van der Waals surface area (Å²) in [4.78, 5) is 16.8. The molecule has 0 fully saturated rings. The zero-order chi connectivity index (χ0) is 18.0. The van der Waals surface area contributed by atoms with Gasteiger partial charge >= 0.3 is 0 Å². The first-order valence-corrected chi connectivity index (χ1v) is 9.87. The molecular formula is C16H21N3O3S2. The van der Waals surface area contributed by atoms with E-state index in [1.54, 1.807) is 6.92 Å². The molecule has 1 amide bonds. The molecule has 0 radical (unpaired) electrons. The van der Waals surface area contributed by atoms with Gasteiger partial charge in [-0.15, -0.1) is 11.3 Å². The molecule has 0 aliphatic rings. The van der Waals surface area contributed by atoms with E-state index < -0.39 is 10.0 Å². The lowest BCUT2D eigenvalue weighted by Gasteiger charge is -2.14. The summed E-state index contributed by atoms with van der Waals surface area (Å²) in [5.41, 5.74) is 1.20. The highest BCUT2D eigenvalue weighted by atomic mass is 32.2. The Morgan fingerprint density at radius 2 is 1.83 bits per heavy atom. The molecule has 0 saturated heterocycles. The molecule has 1 heterocycles. The van der Waals surface area contributed by atoms with Crippen molar-refractivity contribution in [1.29, 1.82) is 0 Å². The molecular weight excluding hydrogens is 346 g/mol. The van der Waals surface area contributed by atoms with Gasteiger partial charge in [-0.1, -0.05) is 27.7 Å². The number of anilines is 1. The van der Waals surface area contributed by atoms with Crippen LogP contribution in [-0.2, 0) is 15.4 Å². The third-order valence-corrected chi connectivity index (χ3v) is 5.57. The van der Waals surface area contributed by atoms with E-state index in [4.69, 9.17) is 0 Å². The summed E-state index contributed by atoms with van der Waals surface area (Å²) in [6.45, 7) is 8.18. The molecule has 1 aromatic heterocycles. The molecule has 0 atom stereocenters. The van der Waals surface area contributed by atoms with E-state index in [0.29, 0.717) is 17.2 Å². The van der Waals surface area contributed by atoms with E-state index >= 15 is 0 Å². The second-order valence-electron chi connectivity index (χ2n) is 6.27. The number of aromatic nitrogens is 1. The van der Waals surface area contributed by atoms with Gasteiger partial charge < -0.3 is 0 Å². The summed E-state index contributed by atoms with van der Waals surface area (Å²) in [6.07, 6.45) is 0. The van der Waals surface area contributed by atoms with Crippen molar-refractivity contribution in [2.24, 2.45) is 0 Å². The Morgan fingerprint density at radius 1 is 1.21 bits per heavy atom. The normalized spacial score (nSPS) is 12.2. The number of sulfonamides is 1. The van der Waals surface area contributed by atoms with E-state index in [-0.39, 0.29) is 16.2 Å². The van der Waals surface area contributed by atoms with Crippen molar-refractivity contribution >= 4 is 32.4 Å². The minimum atomic E-state index is -3.52. The maximum Gasteiger partial charge on any atom is 0.257 e. The lowest BCUT2D eigenvalue weighted by atomic mass is 9.93. The Bertz CT molecular complexity index is 819. The van der Waals surface area contributed by atoms with Crippen molar-refractivity contribution in [3.63, 3.8) is 0 Å². The summed E-state index contributed by atoms with van der Waals surface area (Å²) < 4.78 is 26.2. The van der Waals surface area contributed by atoms with Crippen molar-refractivity contribution in [2.45, 2.75) is 38.0 Å². The summed E-state index contributed by atoms with van der Waals surface area (Å²) in [7, 11) is -3.52. The zero-order valence-corrected chi connectivity index (χ0v) is 15.7. The van der Waals surface area contributed by atoms with Crippen molar-refractivity contribution in [2.75, 3.05) is 11.9 Å². The quantitative estimate of drug-likeness (QED) is 0.850. The Kier molecular flexibility index (Phi) is 5.42. The van der Waals surface area contributed by atoms with Crippen LogP contribution in [0.5, 0.6) is 0 Å². The summed E-state index contributed by atoms with van der Waals surface area (Å²) in [5, 5.41) is 5.18. The molecule has 6 nitrogen and oxygen atoms in total. The molecule has 0 unspecified atom stereocenters. The van der Waals surface area contributed by atoms with Crippen LogP contribution in [0.3, 0.4) is 0 Å². The minimum Gasteiger partial charge on any atom is -0.298 e. The second-order valence-corrected chi connectivity index (χ2v) is 8.89. The number of amides is 1. The smallest absolute Gasteiger partial charge is 0.257 e. The molecule has 0 aliphatic heterocycles. The van der Waals surface area contributed by atoms with E-state index in [1.165, 1.54) is 35.6 Å². The van der Waals surface area contributed by atoms with Crippen LogP contribution in [0, 0.1) is 0 Å². The molecule has 0 bridgehead atoms. The molecule has 8 heteroatoms. The van der Waals surface area contributed by atoms with Gasteiger partial charge in [0.05, 0.1) is 10.6 Å². The van der Waals surface area contributed by atoms with E-state index in [9.17, 15) is 13.2 Å². The van der Waals surface area contributed by atoms with Gasteiger partial charge in [-0.05, 0) is 24.3 Å². The maximum atomic E-state index is 12.3. The first-order valence-electron chi connectivity index (χ1n) is 7.50. The fourth-order valence-electron chi connectivity index (χ4n) is 1.90. The largest absolute Gasteiger partial charge is 0.298 e.